The SMILES string of the molecule is C=CCCCCC(C)O[C@@H]1O[C@@H](C)[C@H](OC(=O)c2ccccc2)C[C@H]1OC(=O)c1ccccc1. The second kappa shape index (κ2) is 13.1. The standard InChI is InChI=1S/C28H34O6/c1-4-5-6-9-14-20(2)31-28-25(34-27(30)23-17-12-8-13-18-23)19-24(21(3)32-28)33-26(29)22-15-10-7-11-16-22/h4,7-8,10-13,15-18,20-21,24-25,28H,1,5-6,9,14,19H2,2-3H3/t20?,21-,24+,25+,28+/m0/s1. The van der Waals surface area contributed by atoms with Crippen molar-refractivity contribution in [1.82, 2.24) is 0 Å². The van der Waals surface area contributed by atoms with E-state index in [1.54, 1.807) is 48.5 Å². The lowest BCUT2D eigenvalue weighted by molar-refractivity contribution is -0.272. The Kier molecular flexibility index (Phi) is 9.86. The number of allylic oxidation sites excluding steroid dienone is 1. The van der Waals surface area contributed by atoms with Crippen molar-refractivity contribution in [3.05, 3.63) is 84.4 Å². The molecule has 6 nitrogen and oxygen atoms in total. The summed E-state index contributed by atoms with van der Waals surface area (Å²) in [5, 5.41) is 0. The fourth-order valence-corrected chi connectivity index (χ4v) is 3.86. The zero-order valence-electron chi connectivity index (χ0n) is 19.9. The van der Waals surface area contributed by atoms with Crippen LogP contribution in [0.15, 0.2) is 73.3 Å². The zero-order chi connectivity index (χ0) is 24.3. The largest absolute Gasteiger partial charge is 0.456 e. The first-order valence-corrected chi connectivity index (χ1v) is 11.9. The van der Waals surface area contributed by atoms with Gasteiger partial charge in [0.1, 0.15) is 6.10 Å². The van der Waals surface area contributed by atoms with Crippen LogP contribution >= 0.6 is 0 Å². The Balaban J connectivity index is 1.68. The highest BCUT2D eigenvalue weighted by atomic mass is 16.7. The van der Waals surface area contributed by atoms with Crippen LogP contribution in [-0.4, -0.2) is 42.6 Å². The van der Waals surface area contributed by atoms with Gasteiger partial charge in [0.05, 0.1) is 23.3 Å². The molecule has 0 saturated carbocycles. The lowest BCUT2D eigenvalue weighted by Crippen LogP contribution is -2.51. The Morgan fingerprint density at radius 2 is 1.53 bits per heavy atom. The van der Waals surface area contributed by atoms with Crippen LogP contribution in [0.2, 0.25) is 0 Å². The second-order valence-electron chi connectivity index (χ2n) is 8.58. The molecule has 2 aromatic rings. The normalized spacial score (nSPS) is 23.0. The molecule has 2 aromatic carbocycles. The molecule has 0 radical (unpaired) electrons. The van der Waals surface area contributed by atoms with Gasteiger partial charge in [-0.15, -0.1) is 6.58 Å². The van der Waals surface area contributed by atoms with Gasteiger partial charge in [-0.1, -0.05) is 48.9 Å². The topological polar surface area (TPSA) is 71.1 Å². The number of hydrogen-bond donors (Lipinski definition) is 0. The number of unbranched alkanes of at least 4 members (excludes halogenated alkanes) is 2. The van der Waals surface area contributed by atoms with Gasteiger partial charge >= 0.3 is 11.9 Å². The maximum atomic E-state index is 12.8. The Labute approximate surface area is 201 Å². The molecule has 34 heavy (non-hydrogen) atoms. The molecule has 1 aliphatic heterocycles. The highest BCUT2D eigenvalue weighted by molar-refractivity contribution is 5.90. The predicted octanol–water partition coefficient (Wildman–Crippen LogP) is 5.72. The minimum absolute atomic E-state index is 0.0802. The van der Waals surface area contributed by atoms with Gasteiger partial charge in [0.15, 0.2) is 12.4 Å². The molecule has 6 heteroatoms. The summed E-state index contributed by atoms with van der Waals surface area (Å²) in [5.41, 5.74) is 0.897. The van der Waals surface area contributed by atoms with Crippen molar-refractivity contribution in [2.75, 3.05) is 0 Å². The van der Waals surface area contributed by atoms with E-state index in [0.717, 1.165) is 25.7 Å². The van der Waals surface area contributed by atoms with Crippen molar-refractivity contribution in [2.45, 2.75) is 76.7 Å². The number of ether oxygens (including phenoxy) is 4. The number of carbonyl (C=O) groups is 2. The van der Waals surface area contributed by atoms with Crippen LogP contribution in [0.4, 0.5) is 0 Å². The minimum Gasteiger partial charge on any atom is -0.456 e. The van der Waals surface area contributed by atoms with E-state index >= 15 is 0 Å². The molecule has 1 unspecified atom stereocenters. The molecule has 0 aliphatic carbocycles. The Hall–Kier alpha value is -2.96. The van der Waals surface area contributed by atoms with E-state index in [-0.39, 0.29) is 12.5 Å². The first kappa shape index (κ1) is 25.7. The number of benzene rings is 2. The van der Waals surface area contributed by atoms with Gasteiger partial charge in [0.25, 0.3) is 0 Å². The zero-order valence-corrected chi connectivity index (χ0v) is 19.9. The highest BCUT2D eigenvalue weighted by Crippen LogP contribution is 2.28. The molecule has 182 valence electrons. The van der Waals surface area contributed by atoms with Crippen LogP contribution in [0.1, 0.15) is 66.7 Å². The molecule has 1 fully saturated rings. The molecule has 0 spiro atoms. The van der Waals surface area contributed by atoms with Gasteiger partial charge in [-0.05, 0) is 57.4 Å². The fourth-order valence-electron chi connectivity index (χ4n) is 3.86. The van der Waals surface area contributed by atoms with Crippen LogP contribution in [0.3, 0.4) is 0 Å². The van der Waals surface area contributed by atoms with Gasteiger partial charge in [-0.25, -0.2) is 9.59 Å². The summed E-state index contributed by atoms with van der Waals surface area (Å²) in [5.74, 6) is -0.909. The number of carbonyl (C=O) groups excluding carboxylic acids is 2. The average molecular weight is 467 g/mol. The number of hydrogen-bond acceptors (Lipinski definition) is 6. The van der Waals surface area contributed by atoms with Crippen molar-refractivity contribution in [1.29, 1.82) is 0 Å². The Morgan fingerprint density at radius 3 is 2.09 bits per heavy atom. The fraction of sp³-hybridized carbons (Fsp3) is 0.429. The van der Waals surface area contributed by atoms with Crippen molar-refractivity contribution < 1.29 is 28.5 Å². The van der Waals surface area contributed by atoms with Crippen LogP contribution in [0.5, 0.6) is 0 Å². The number of esters is 2. The second-order valence-corrected chi connectivity index (χ2v) is 8.58. The molecular weight excluding hydrogens is 432 g/mol. The predicted molar refractivity (Wildman–Crippen MR) is 129 cm³/mol. The third kappa shape index (κ3) is 7.54. The molecule has 0 aromatic heterocycles. The molecule has 0 bridgehead atoms. The van der Waals surface area contributed by atoms with Gasteiger partial charge < -0.3 is 18.9 Å². The van der Waals surface area contributed by atoms with E-state index in [0.29, 0.717) is 11.1 Å². The smallest absolute Gasteiger partial charge is 0.338 e. The monoisotopic (exact) mass is 466 g/mol. The molecule has 0 amide bonds. The molecule has 1 heterocycles. The van der Waals surface area contributed by atoms with Crippen molar-refractivity contribution in [3.63, 3.8) is 0 Å². The van der Waals surface area contributed by atoms with Gasteiger partial charge in [0, 0.05) is 6.42 Å². The Bertz CT molecular complexity index is 913. The minimum atomic E-state index is -0.747. The summed E-state index contributed by atoms with van der Waals surface area (Å²) in [7, 11) is 0. The lowest BCUT2D eigenvalue weighted by Gasteiger charge is -2.39. The van der Waals surface area contributed by atoms with Crippen LogP contribution in [-0.2, 0) is 18.9 Å². The lowest BCUT2D eigenvalue weighted by atomic mass is 10.0. The molecule has 1 aliphatic rings. The van der Waals surface area contributed by atoms with Crippen LogP contribution in [0, 0.1) is 0 Å². The first-order valence-electron chi connectivity index (χ1n) is 11.9. The van der Waals surface area contributed by atoms with Crippen molar-refractivity contribution >= 4 is 11.9 Å². The van der Waals surface area contributed by atoms with E-state index in [1.807, 2.05) is 32.1 Å². The molecule has 3 rings (SSSR count). The van der Waals surface area contributed by atoms with E-state index in [2.05, 4.69) is 6.58 Å². The highest BCUT2D eigenvalue weighted by Gasteiger charge is 2.41. The summed E-state index contributed by atoms with van der Waals surface area (Å²) >= 11 is 0. The first-order chi connectivity index (χ1) is 16.5. The average Bonchev–Trinajstić information content (AvgIpc) is 2.85. The van der Waals surface area contributed by atoms with Gasteiger partial charge in [0.2, 0.25) is 0 Å². The molecule has 0 N–H and O–H groups in total. The third-order valence-electron chi connectivity index (χ3n) is 5.81. The van der Waals surface area contributed by atoms with Crippen molar-refractivity contribution in [3.8, 4) is 0 Å². The molecular formula is C28H34O6. The summed E-state index contributed by atoms with van der Waals surface area (Å²) in [6, 6.07) is 17.6. The Morgan fingerprint density at radius 1 is 0.971 bits per heavy atom. The van der Waals surface area contributed by atoms with Crippen LogP contribution in [0.25, 0.3) is 0 Å². The van der Waals surface area contributed by atoms with E-state index in [9.17, 15) is 9.59 Å². The summed E-state index contributed by atoms with van der Waals surface area (Å²) < 4.78 is 23.8. The van der Waals surface area contributed by atoms with Gasteiger partial charge in [-0.2, -0.15) is 0 Å². The summed E-state index contributed by atoms with van der Waals surface area (Å²) in [6.07, 6.45) is 3.52. The van der Waals surface area contributed by atoms with E-state index in [1.165, 1.54) is 0 Å². The molecule has 5 atom stereocenters. The molecule has 1 saturated heterocycles. The van der Waals surface area contributed by atoms with Crippen molar-refractivity contribution in [2.24, 2.45) is 0 Å². The van der Waals surface area contributed by atoms with Crippen LogP contribution < -0.4 is 0 Å². The maximum Gasteiger partial charge on any atom is 0.338 e. The summed E-state index contributed by atoms with van der Waals surface area (Å²) in [6.45, 7) is 7.58. The van der Waals surface area contributed by atoms with E-state index < -0.39 is 36.5 Å². The quantitative estimate of drug-likeness (QED) is 0.239. The van der Waals surface area contributed by atoms with Gasteiger partial charge in [-0.3, -0.25) is 0 Å². The maximum absolute atomic E-state index is 12.8. The van der Waals surface area contributed by atoms with E-state index in [4.69, 9.17) is 18.9 Å². The summed E-state index contributed by atoms with van der Waals surface area (Å²) in [4.78, 5) is 25.4. The third-order valence-corrected chi connectivity index (χ3v) is 5.81. The number of rotatable bonds is 11.